The fourth-order valence-corrected chi connectivity index (χ4v) is 3.25. The summed E-state index contributed by atoms with van der Waals surface area (Å²) in [5.41, 5.74) is 6.08. The van der Waals surface area contributed by atoms with Crippen LogP contribution in [-0.2, 0) is 4.79 Å². The van der Waals surface area contributed by atoms with E-state index in [9.17, 15) is 9.59 Å². The maximum absolute atomic E-state index is 12.1. The Kier molecular flexibility index (Phi) is 5.44. The predicted octanol–water partition coefficient (Wildman–Crippen LogP) is 0.00700. The number of primary amides is 1. The number of quaternary nitrogens is 1. The number of carbonyl (C=O) groups excluding carboxylic acids is 2. The first-order valence-corrected chi connectivity index (χ1v) is 7.65. The SMILES string of the molecule is COc1ccc([C@H]2CCC[NH+]2[C@@H](C)C(=O)NC(N)=O)c(OC)c1. The molecule has 1 unspecified atom stereocenters. The number of urea groups is 1. The Hall–Kier alpha value is -2.28. The van der Waals surface area contributed by atoms with Crippen molar-refractivity contribution in [3.8, 4) is 11.5 Å². The van der Waals surface area contributed by atoms with Crippen LogP contribution < -0.4 is 25.4 Å². The first kappa shape index (κ1) is 17.1. The fourth-order valence-electron chi connectivity index (χ4n) is 3.25. The summed E-state index contributed by atoms with van der Waals surface area (Å²) in [4.78, 5) is 24.1. The van der Waals surface area contributed by atoms with Crippen molar-refractivity contribution in [3.05, 3.63) is 23.8 Å². The quantitative estimate of drug-likeness (QED) is 0.711. The van der Waals surface area contributed by atoms with Crippen LogP contribution >= 0.6 is 0 Å². The second kappa shape index (κ2) is 7.32. The molecule has 1 aliphatic rings. The largest absolute Gasteiger partial charge is 0.497 e. The van der Waals surface area contributed by atoms with Crippen LogP contribution in [0.15, 0.2) is 18.2 Å². The molecule has 126 valence electrons. The van der Waals surface area contributed by atoms with Crippen LogP contribution in [0.4, 0.5) is 4.79 Å². The lowest BCUT2D eigenvalue weighted by Gasteiger charge is -2.27. The molecule has 0 bridgehead atoms. The van der Waals surface area contributed by atoms with Gasteiger partial charge in [0.15, 0.2) is 6.04 Å². The zero-order valence-corrected chi connectivity index (χ0v) is 13.7. The van der Waals surface area contributed by atoms with Crippen molar-refractivity contribution in [2.45, 2.75) is 31.8 Å². The molecule has 1 heterocycles. The van der Waals surface area contributed by atoms with Gasteiger partial charge in [0.1, 0.15) is 17.5 Å². The molecule has 7 nitrogen and oxygen atoms in total. The molecule has 4 N–H and O–H groups in total. The fraction of sp³-hybridized carbons (Fsp3) is 0.500. The van der Waals surface area contributed by atoms with Crippen molar-refractivity contribution >= 4 is 11.9 Å². The van der Waals surface area contributed by atoms with E-state index in [-0.39, 0.29) is 18.0 Å². The minimum absolute atomic E-state index is 0.129. The minimum Gasteiger partial charge on any atom is -0.497 e. The van der Waals surface area contributed by atoms with Crippen molar-refractivity contribution in [3.63, 3.8) is 0 Å². The van der Waals surface area contributed by atoms with Crippen LogP contribution in [0.2, 0.25) is 0 Å². The number of rotatable bonds is 5. The van der Waals surface area contributed by atoms with E-state index in [2.05, 4.69) is 5.32 Å². The molecular weight excluding hydrogens is 298 g/mol. The first-order valence-electron chi connectivity index (χ1n) is 7.65. The van der Waals surface area contributed by atoms with E-state index in [0.29, 0.717) is 0 Å². The highest BCUT2D eigenvalue weighted by molar-refractivity contribution is 5.95. The molecule has 2 rings (SSSR count). The average molecular weight is 322 g/mol. The first-order chi connectivity index (χ1) is 11.0. The molecule has 0 radical (unpaired) electrons. The smallest absolute Gasteiger partial charge is 0.319 e. The molecule has 1 saturated heterocycles. The lowest BCUT2D eigenvalue weighted by molar-refractivity contribution is -0.932. The minimum atomic E-state index is -0.820. The van der Waals surface area contributed by atoms with E-state index in [1.165, 1.54) is 0 Å². The Morgan fingerprint density at radius 1 is 1.35 bits per heavy atom. The molecule has 1 fully saturated rings. The number of likely N-dealkylation sites (tertiary alicyclic amines) is 1. The second-order valence-corrected chi connectivity index (χ2v) is 5.70. The molecule has 3 amide bonds. The number of hydrogen-bond donors (Lipinski definition) is 3. The highest BCUT2D eigenvalue weighted by Gasteiger charge is 2.38. The number of methoxy groups -OCH3 is 2. The third kappa shape index (κ3) is 3.73. The van der Waals surface area contributed by atoms with Gasteiger partial charge in [0, 0.05) is 18.9 Å². The summed E-state index contributed by atoms with van der Waals surface area (Å²) in [5, 5.41) is 2.17. The van der Waals surface area contributed by atoms with Crippen molar-refractivity contribution in [1.29, 1.82) is 0 Å². The van der Waals surface area contributed by atoms with Crippen molar-refractivity contribution in [2.24, 2.45) is 5.73 Å². The molecule has 0 saturated carbocycles. The number of ether oxygens (including phenoxy) is 2. The van der Waals surface area contributed by atoms with Gasteiger partial charge in [-0.15, -0.1) is 0 Å². The average Bonchev–Trinajstić information content (AvgIpc) is 3.01. The monoisotopic (exact) mass is 322 g/mol. The number of imide groups is 1. The Morgan fingerprint density at radius 2 is 2.09 bits per heavy atom. The van der Waals surface area contributed by atoms with E-state index in [1.807, 2.05) is 25.1 Å². The number of amides is 3. The molecule has 3 atom stereocenters. The van der Waals surface area contributed by atoms with E-state index >= 15 is 0 Å². The maximum Gasteiger partial charge on any atom is 0.319 e. The van der Waals surface area contributed by atoms with Gasteiger partial charge in [-0.25, -0.2) is 4.79 Å². The molecule has 7 heteroatoms. The van der Waals surface area contributed by atoms with Gasteiger partial charge in [-0.2, -0.15) is 0 Å². The number of carbonyl (C=O) groups is 2. The normalized spacial score (nSPS) is 21.5. The molecule has 23 heavy (non-hydrogen) atoms. The lowest BCUT2D eigenvalue weighted by atomic mass is 10.0. The second-order valence-electron chi connectivity index (χ2n) is 5.70. The Balaban J connectivity index is 2.24. The zero-order valence-electron chi connectivity index (χ0n) is 13.7. The maximum atomic E-state index is 12.1. The summed E-state index contributed by atoms with van der Waals surface area (Å²) < 4.78 is 10.7. The number of benzene rings is 1. The molecule has 0 spiro atoms. The van der Waals surface area contributed by atoms with Crippen molar-refractivity contribution in [1.82, 2.24) is 5.32 Å². The third-order valence-corrected chi connectivity index (χ3v) is 4.42. The van der Waals surface area contributed by atoms with Crippen molar-refractivity contribution < 1.29 is 24.0 Å². The summed E-state index contributed by atoms with van der Waals surface area (Å²) in [6, 6.07) is 4.65. The zero-order chi connectivity index (χ0) is 17.0. The van der Waals surface area contributed by atoms with E-state index in [4.69, 9.17) is 15.2 Å². The summed E-state index contributed by atoms with van der Waals surface area (Å²) >= 11 is 0. The van der Waals surface area contributed by atoms with Gasteiger partial charge in [0.25, 0.3) is 5.91 Å². The summed E-state index contributed by atoms with van der Waals surface area (Å²) in [7, 11) is 3.23. The Bertz CT molecular complexity index is 591. The summed E-state index contributed by atoms with van der Waals surface area (Å²) in [5.74, 6) is 1.12. The van der Waals surface area contributed by atoms with Gasteiger partial charge >= 0.3 is 6.03 Å². The highest BCUT2D eigenvalue weighted by atomic mass is 16.5. The van der Waals surface area contributed by atoms with Gasteiger partial charge in [0.2, 0.25) is 0 Å². The van der Waals surface area contributed by atoms with Crippen LogP contribution in [0.25, 0.3) is 0 Å². The molecular formula is C16H24N3O4+. The van der Waals surface area contributed by atoms with Gasteiger partial charge < -0.3 is 20.1 Å². The van der Waals surface area contributed by atoms with Crippen LogP contribution in [0.1, 0.15) is 31.4 Å². The van der Waals surface area contributed by atoms with Gasteiger partial charge in [-0.3, -0.25) is 10.1 Å². The molecule has 0 aliphatic carbocycles. The van der Waals surface area contributed by atoms with Gasteiger partial charge in [0.05, 0.1) is 26.3 Å². The van der Waals surface area contributed by atoms with E-state index in [0.717, 1.165) is 41.3 Å². The molecule has 1 aromatic carbocycles. The molecule has 1 aliphatic heterocycles. The van der Waals surface area contributed by atoms with Crippen LogP contribution in [-0.4, -0.2) is 38.7 Å². The van der Waals surface area contributed by atoms with Crippen LogP contribution in [0.5, 0.6) is 11.5 Å². The van der Waals surface area contributed by atoms with Crippen molar-refractivity contribution in [2.75, 3.05) is 20.8 Å². The molecule has 1 aromatic rings. The topological polar surface area (TPSA) is 95.1 Å². The standard InChI is InChI=1S/C16H23N3O4/c1-10(15(20)18-16(17)21)19-8-4-5-13(19)12-7-6-11(22-2)9-14(12)23-3/h6-7,9-10,13H,4-5,8H2,1-3H3,(H3,17,18,20,21)/p+1/t10-,13+/m0/s1. The third-order valence-electron chi connectivity index (χ3n) is 4.42. The Morgan fingerprint density at radius 3 is 2.70 bits per heavy atom. The van der Waals surface area contributed by atoms with Gasteiger partial charge in [-0.1, -0.05) is 0 Å². The van der Waals surface area contributed by atoms with E-state index in [1.54, 1.807) is 14.2 Å². The Labute approximate surface area is 135 Å². The summed E-state index contributed by atoms with van der Waals surface area (Å²) in [6.07, 6.45) is 1.95. The van der Waals surface area contributed by atoms with E-state index < -0.39 is 6.03 Å². The summed E-state index contributed by atoms with van der Waals surface area (Å²) in [6.45, 7) is 2.66. The predicted molar refractivity (Wildman–Crippen MR) is 84.5 cm³/mol. The number of nitrogens with one attached hydrogen (secondary N) is 2. The van der Waals surface area contributed by atoms with Gasteiger partial charge in [-0.05, 0) is 19.1 Å². The number of nitrogens with two attached hydrogens (primary N) is 1. The highest BCUT2D eigenvalue weighted by Crippen LogP contribution is 2.31. The molecule has 0 aromatic heterocycles. The lowest BCUT2D eigenvalue weighted by Crippen LogP contribution is -3.15. The van der Waals surface area contributed by atoms with Crippen LogP contribution in [0.3, 0.4) is 0 Å². The number of hydrogen-bond acceptors (Lipinski definition) is 4. The van der Waals surface area contributed by atoms with Crippen LogP contribution in [0, 0.1) is 0 Å².